The fourth-order valence-corrected chi connectivity index (χ4v) is 7.66. The van der Waals surface area contributed by atoms with Gasteiger partial charge in [0.15, 0.2) is 0 Å². The first-order valence-corrected chi connectivity index (χ1v) is 18.8. The smallest absolute Gasteiger partial charge is 0.345 e. The monoisotopic (exact) mass is 729 g/mol. The van der Waals surface area contributed by atoms with Crippen LogP contribution in [0.5, 0.6) is 0 Å². The molecule has 5 unspecified atom stereocenters. The predicted octanol–water partition coefficient (Wildman–Crippen LogP) is 5.44. The maximum Gasteiger partial charge on any atom is 0.345 e. The summed E-state index contributed by atoms with van der Waals surface area (Å²) in [5.41, 5.74) is 3.43. The van der Waals surface area contributed by atoms with E-state index in [0.29, 0.717) is 12.2 Å². The van der Waals surface area contributed by atoms with Crippen molar-refractivity contribution in [2.45, 2.75) is 89.0 Å². The van der Waals surface area contributed by atoms with Gasteiger partial charge in [-0.2, -0.15) is 4.89 Å². The topological polar surface area (TPSA) is 143 Å². The molecule has 1 aliphatic heterocycles. The summed E-state index contributed by atoms with van der Waals surface area (Å²) in [4.78, 5) is 62.8. The second-order valence-electron chi connectivity index (χ2n) is 13.7. The van der Waals surface area contributed by atoms with Crippen LogP contribution in [0.4, 0.5) is 0 Å². The maximum absolute atomic E-state index is 13.3. The highest BCUT2D eigenvalue weighted by molar-refractivity contribution is 8.00. The molecule has 0 aromatic heterocycles. The molecule has 0 aliphatic carbocycles. The van der Waals surface area contributed by atoms with E-state index in [4.69, 9.17) is 9.78 Å². The van der Waals surface area contributed by atoms with Gasteiger partial charge in [0.05, 0.1) is 29.7 Å². The van der Waals surface area contributed by atoms with Crippen LogP contribution in [-0.2, 0) is 33.7 Å². The van der Waals surface area contributed by atoms with E-state index in [-0.39, 0.29) is 18.3 Å². The van der Waals surface area contributed by atoms with E-state index in [1.165, 1.54) is 6.92 Å². The number of aliphatic hydroxyl groups is 1. The van der Waals surface area contributed by atoms with Crippen LogP contribution in [0.2, 0.25) is 0 Å². The van der Waals surface area contributed by atoms with Crippen molar-refractivity contribution in [3.05, 3.63) is 120 Å². The number of rotatable bonds is 10. The molecule has 1 heterocycles. The zero-order valence-corrected chi connectivity index (χ0v) is 31.3. The molecule has 0 spiro atoms. The molecule has 278 valence electrons. The van der Waals surface area contributed by atoms with E-state index in [0.717, 1.165) is 16.7 Å². The first kappa shape index (κ1) is 40.3. The Bertz CT molecular complexity index is 1540. The largest absolute Gasteiger partial charge is 0.390 e. The summed E-state index contributed by atoms with van der Waals surface area (Å²) < 4.78 is -0.496. The Morgan fingerprint density at radius 2 is 1.31 bits per heavy atom. The summed E-state index contributed by atoms with van der Waals surface area (Å²) in [6.45, 7) is 8.68. The summed E-state index contributed by atoms with van der Waals surface area (Å²) in [5.74, 6) is -2.26. The molecule has 11 heteroatoms. The van der Waals surface area contributed by atoms with Crippen LogP contribution < -0.4 is 16.0 Å². The third kappa shape index (κ3) is 10.8. The van der Waals surface area contributed by atoms with E-state index in [1.807, 2.05) is 60.7 Å². The van der Waals surface area contributed by atoms with Crippen LogP contribution in [0.25, 0.3) is 0 Å². The molecule has 10 nitrogen and oxygen atoms in total. The second-order valence-corrected chi connectivity index (χ2v) is 15.0. The Kier molecular flexibility index (Phi) is 15.0. The van der Waals surface area contributed by atoms with Crippen LogP contribution in [0.1, 0.15) is 70.6 Å². The van der Waals surface area contributed by atoms with Crippen LogP contribution in [0.15, 0.2) is 103 Å². The number of hydrogen-bond acceptors (Lipinski definition) is 8. The normalized spacial score (nSPS) is 22.9. The Labute approximate surface area is 311 Å². The molecule has 1 saturated heterocycles. The van der Waals surface area contributed by atoms with Crippen molar-refractivity contribution < 1.29 is 34.1 Å². The molecule has 4 rings (SSSR count). The zero-order chi connectivity index (χ0) is 37.7. The van der Waals surface area contributed by atoms with Crippen molar-refractivity contribution in [1.29, 1.82) is 0 Å². The van der Waals surface area contributed by atoms with Gasteiger partial charge >= 0.3 is 5.97 Å². The quantitative estimate of drug-likeness (QED) is 0.0936. The van der Waals surface area contributed by atoms with Crippen LogP contribution in [0, 0.1) is 11.8 Å². The number of benzene rings is 3. The van der Waals surface area contributed by atoms with E-state index < -0.39 is 65.2 Å². The molecule has 3 aromatic carbocycles. The lowest BCUT2D eigenvalue weighted by atomic mass is 9.84. The summed E-state index contributed by atoms with van der Waals surface area (Å²) in [7, 11) is 0. The third-order valence-corrected chi connectivity index (χ3v) is 10.6. The lowest BCUT2D eigenvalue weighted by molar-refractivity contribution is -0.290. The van der Waals surface area contributed by atoms with Gasteiger partial charge in [0.25, 0.3) is 0 Å². The molecule has 0 bridgehead atoms. The highest BCUT2D eigenvalue weighted by Gasteiger charge is 2.37. The first-order chi connectivity index (χ1) is 24.9. The van der Waals surface area contributed by atoms with Gasteiger partial charge in [-0.25, -0.2) is 4.79 Å². The zero-order valence-electron chi connectivity index (χ0n) is 30.5. The number of carbonyl (C=O) groups is 4. The van der Waals surface area contributed by atoms with Gasteiger partial charge in [0.2, 0.25) is 17.7 Å². The minimum atomic E-state index is -1.28. The number of carbonyl (C=O) groups excluding carboxylic acids is 4. The minimum Gasteiger partial charge on any atom is -0.390 e. The first-order valence-electron chi connectivity index (χ1n) is 17.8. The van der Waals surface area contributed by atoms with E-state index in [2.05, 4.69) is 52.3 Å². The lowest BCUT2D eigenvalue weighted by Gasteiger charge is -2.35. The van der Waals surface area contributed by atoms with E-state index in [9.17, 15) is 24.3 Å². The van der Waals surface area contributed by atoms with Crippen molar-refractivity contribution in [3.63, 3.8) is 0 Å². The van der Waals surface area contributed by atoms with E-state index >= 15 is 0 Å². The number of thioether (sulfide) groups is 1. The molecule has 1 aliphatic rings. The number of nitrogens with one attached hydrogen (secondary N) is 3. The minimum absolute atomic E-state index is 0.241. The fraction of sp³-hybridized carbons (Fsp3) is 0.415. The highest BCUT2D eigenvalue weighted by atomic mass is 32.2. The molecular formula is C41H51N3O7S. The van der Waals surface area contributed by atoms with Gasteiger partial charge in [-0.3, -0.25) is 19.3 Å². The summed E-state index contributed by atoms with van der Waals surface area (Å²) in [6.07, 6.45) is 1.19. The van der Waals surface area contributed by atoms with Crippen LogP contribution >= 0.6 is 11.8 Å². The van der Waals surface area contributed by atoms with Crippen LogP contribution in [-0.4, -0.2) is 64.9 Å². The molecule has 3 aromatic rings. The average Bonchev–Trinajstić information content (AvgIpc) is 3.13. The Balaban J connectivity index is 1.55. The number of amides is 3. The van der Waals surface area contributed by atoms with Gasteiger partial charge in [0.1, 0.15) is 18.2 Å². The van der Waals surface area contributed by atoms with Gasteiger partial charge in [-0.05, 0) is 47.6 Å². The molecule has 5 atom stereocenters. The molecular weight excluding hydrogens is 679 g/mol. The van der Waals surface area contributed by atoms with Crippen molar-refractivity contribution in [2.24, 2.45) is 11.8 Å². The number of hydrogen-bond donors (Lipinski definition) is 4. The Morgan fingerprint density at radius 1 is 0.769 bits per heavy atom. The molecule has 52 heavy (non-hydrogen) atoms. The maximum atomic E-state index is 13.3. The van der Waals surface area contributed by atoms with Gasteiger partial charge < -0.3 is 21.1 Å². The van der Waals surface area contributed by atoms with E-state index in [1.54, 1.807) is 45.5 Å². The SMILES string of the molecule is CC1NC(=O)C(C(C)C)NC(=O)CC(C=CCCSC(c2ccccc2)(c2ccccc2)c2ccccc2)OOC(=O)CC(O)C(C(C)C)NC1=O. The predicted molar refractivity (Wildman–Crippen MR) is 203 cm³/mol. The standard InChI is InChI=1S/C41H51N3O7S/c1-27(2)37-34(45)26-36(47)51-50-33(25-35(46)43-38(28(3)4)40(49)42-29(5)39(48)44-37)23-15-16-24-52-41(30-17-9-6-10-18-30,31-19-11-7-12-20-31)32-21-13-8-14-22-32/h6-15,17-23,27-29,33-34,37-38,45H,16,24-26H2,1-5H3,(H,42,49)(H,43,46)(H,44,48). The number of allylic oxidation sites excluding steroid dienone is 1. The summed E-state index contributed by atoms with van der Waals surface area (Å²) >= 11 is 1.79. The van der Waals surface area contributed by atoms with Crippen molar-refractivity contribution in [2.75, 3.05) is 5.75 Å². The van der Waals surface area contributed by atoms with Gasteiger partial charge in [-0.1, -0.05) is 131 Å². The fourth-order valence-electron chi connectivity index (χ4n) is 6.19. The van der Waals surface area contributed by atoms with Crippen LogP contribution in [0.3, 0.4) is 0 Å². The molecule has 0 radical (unpaired) electrons. The van der Waals surface area contributed by atoms with Crippen molar-refractivity contribution in [3.8, 4) is 0 Å². The Hall–Kier alpha value is -4.45. The third-order valence-electron chi connectivity index (χ3n) is 8.98. The van der Waals surface area contributed by atoms with Gasteiger partial charge in [0, 0.05) is 0 Å². The molecule has 4 N–H and O–H groups in total. The number of aliphatic hydroxyl groups excluding tert-OH is 1. The molecule has 0 saturated carbocycles. The second kappa shape index (κ2) is 19.4. The average molecular weight is 730 g/mol. The van der Waals surface area contributed by atoms with Crippen molar-refractivity contribution in [1.82, 2.24) is 16.0 Å². The summed E-state index contributed by atoms with van der Waals surface area (Å²) in [6, 6.07) is 28.4. The molecule has 3 amide bonds. The van der Waals surface area contributed by atoms with Gasteiger partial charge in [-0.15, -0.1) is 11.8 Å². The lowest BCUT2D eigenvalue weighted by Crippen LogP contribution is -2.57. The summed E-state index contributed by atoms with van der Waals surface area (Å²) in [5, 5.41) is 19.0. The molecule has 1 fully saturated rings. The van der Waals surface area contributed by atoms with Crippen molar-refractivity contribution >= 4 is 35.5 Å². The Morgan fingerprint density at radius 3 is 1.81 bits per heavy atom. The highest BCUT2D eigenvalue weighted by Crippen LogP contribution is 2.48.